The number of carbonyl (C=O) groups excluding carboxylic acids is 1. The lowest BCUT2D eigenvalue weighted by atomic mass is 10.2. The molecule has 0 aliphatic carbocycles. The lowest BCUT2D eigenvalue weighted by Crippen LogP contribution is -1.90. The van der Waals surface area contributed by atoms with Gasteiger partial charge in [0.15, 0.2) is 5.78 Å². The minimum Gasteiger partial charge on any atom is -0.294 e. The van der Waals surface area contributed by atoms with Gasteiger partial charge in [0.05, 0.1) is 0 Å². The van der Waals surface area contributed by atoms with Gasteiger partial charge in [0.1, 0.15) is 0 Å². The average Bonchev–Trinajstić information content (AvgIpc) is 2.20. The maximum atomic E-state index is 10.5. The molecule has 0 aromatic rings. The fraction of sp³-hybridized carbons (Fsp3) is 0.455. The molecule has 0 radical (unpaired) electrons. The summed E-state index contributed by atoms with van der Waals surface area (Å²) in [5, 5.41) is 0. The first-order chi connectivity index (χ1) is 6.22. The molecule has 0 saturated carbocycles. The number of hydrogen-bond acceptors (Lipinski definition) is 2. The molecule has 0 aromatic heterocycles. The van der Waals surface area contributed by atoms with Gasteiger partial charge in [-0.1, -0.05) is 40.3 Å². The monoisotopic (exact) mass is 183 g/mol. The van der Waals surface area contributed by atoms with Crippen molar-refractivity contribution in [2.24, 2.45) is 4.99 Å². The SMILES string of the molecule is C=C/C(=C\N=C)C(C)=O.CC.CC. The predicted molar refractivity (Wildman–Crippen MR) is 61.2 cm³/mol. The summed E-state index contributed by atoms with van der Waals surface area (Å²) < 4.78 is 0. The highest BCUT2D eigenvalue weighted by atomic mass is 16.1. The van der Waals surface area contributed by atoms with E-state index in [1.165, 1.54) is 19.2 Å². The fourth-order valence-electron chi connectivity index (χ4n) is 0.386. The maximum absolute atomic E-state index is 10.5. The quantitative estimate of drug-likeness (QED) is 0.374. The molecule has 0 aromatic carbocycles. The first kappa shape index (κ1) is 17.8. The van der Waals surface area contributed by atoms with Crippen LogP contribution in [-0.4, -0.2) is 12.5 Å². The van der Waals surface area contributed by atoms with Gasteiger partial charge in [-0.05, 0) is 13.6 Å². The Kier molecular flexibility index (Phi) is 23.3. The number of hydrogen-bond donors (Lipinski definition) is 0. The van der Waals surface area contributed by atoms with Gasteiger partial charge in [-0.3, -0.25) is 9.79 Å². The van der Waals surface area contributed by atoms with E-state index in [9.17, 15) is 4.79 Å². The minimum atomic E-state index is -0.0441. The molecule has 0 aliphatic heterocycles. The van der Waals surface area contributed by atoms with Gasteiger partial charge in [-0.2, -0.15) is 0 Å². The van der Waals surface area contributed by atoms with Crippen LogP contribution in [0.3, 0.4) is 0 Å². The maximum Gasteiger partial charge on any atom is 0.161 e. The van der Waals surface area contributed by atoms with Crippen LogP contribution in [0.4, 0.5) is 0 Å². The molecule has 0 saturated heterocycles. The van der Waals surface area contributed by atoms with Crippen molar-refractivity contribution in [2.75, 3.05) is 0 Å². The van der Waals surface area contributed by atoms with E-state index in [1.807, 2.05) is 27.7 Å². The molecule has 0 amide bonds. The Morgan fingerprint density at radius 1 is 1.23 bits per heavy atom. The second kappa shape index (κ2) is 17.1. The summed E-state index contributed by atoms with van der Waals surface area (Å²) in [5.41, 5.74) is 0.491. The van der Waals surface area contributed by atoms with E-state index in [2.05, 4.69) is 18.3 Å². The van der Waals surface area contributed by atoms with Crippen LogP contribution in [0.15, 0.2) is 29.4 Å². The Balaban J connectivity index is -0.000000218. The molecule has 0 unspecified atom stereocenters. The van der Waals surface area contributed by atoms with Crippen molar-refractivity contribution in [3.63, 3.8) is 0 Å². The molecule has 13 heavy (non-hydrogen) atoms. The van der Waals surface area contributed by atoms with E-state index in [-0.39, 0.29) is 5.78 Å². The Bertz CT molecular complexity index is 169. The normalized spacial score (nSPS) is 8.23. The van der Waals surface area contributed by atoms with Crippen molar-refractivity contribution >= 4 is 12.5 Å². The Morgan fingerprint density at radius 2 is 1.62 bits per heavy atom. The van der Waals surface area contributed by atoms with Crippen molar-refractivity contribution in [1.29, 1.82) is 0 Å². The minimum absolute atomic E-state index is 0.0441. The van der Waals surface area contributed by atoms with Gasteiger partial charge < -0.3 is 0 Å². The molecule has 0 rings (SSSR count). The summed E-state index contributed by atoms with van der Waals surface area (Å²) in [5.74, 6) is -0.0441. The largest absolute Gasteiger partial charge is 0.294 e. The molecule has 2 heteroatoms. The smallest absolute Gasteiger partial charge is 0.161 e. The van der Waals surface area contributed by atoms with Crippen molar-refractivity contribution in [2.45, 2.75) is 34.6 Å². The lowest BCUT2D eigenvalue weighted by molar-refractivity contribution is -0.113. The first-order valence-corrected chi connectivity index (χ1v) is 4.51. The number of nitrogens with zero attached hydrogens (tertiary/aromatic N) is 1. The molecule has 76 valence electrons. The zero-order valence-electron chi connectivity index (χ0n) is 9.42. The highest BCUT2D eigenvalue weighted by molar-refractivity contribution is 5.95. The third-order valence-electron chi connectivity index (χ3n) is 0.857. The third kappa shape index (κ3) is 13.8. The zero-order chi connectivity index (χ0) is 11.3. The number of allylic oxidation sites excluding steroid dienone is 2. The van der Waals surface area contributed by atoms with Gasteiger partial charge in [0.25, 0.3) is 0 Å². The van der Waals surface area contributed by atoms with Crippen molar-refractivity contribution in [3.8, 4) is 0 Å². The number of carbonyl (C=O) groups is 1. The molecule has 0 atom stereocenters. The lowest BCUT2D eigenvalue weighted by Gasteiger charge is -1.88. The van der Waals surface area contributed by atoms with Crippen LogP contribution in [0, 0.1) is 0 Å². The first-order valence-electron chi connectivity index (χ1n) is 4.51. The van der Waals surface area contributed by atoms with E-state index in [1.54, 1.807) is 0 Å². The summed E-state index contributed by atoms with van der Waals surface area (Å²) >= 11 is 0. The molecular weight excluding hydrogens is 162 g/mol. The van der Waals surface area contributed by atoms with Crippen LogP contribution < -0.4 is 0 Å². The van der Waals surface area contributed by atoms with Crippen LogP contribution in [0.25, 0.3) is 0 Å². The molecular formula is C11H21NO. The molecule has 0 N–H and O–H groups in total. The molecule has 0 fully saturated rings. The topological polar surface area (TPSA) is 29.4 Å². The summed E-state index contributed by atoms with van der Waals surface area (Å²) in [6.07, 6.45) is 2.84. The van der Waals surface area contributed by atoms with E-state index >= 15 is 0 Å². The highest BCUT2D eigenvalue weighted by Crippen LogP contribution is 1.95. The van der Waals surface area contributed by atoms with E-state index in [0.29, 0.717) is 5.57 Å². The second-order valence-electron chi connectivity index (χ2n) is 1.53. The summed E-state index contributed by atoms with van der Waals surface area (Å²) in [6, 6.07) is 0. The van der Waals surface area contributed by atoms with Crippen LogP contribution in [0.1, 0.15) is 34.6 Å². The van der Waals surface area contributed by atoms with Crippen molar-refractivity contribution < 1.29 is 4.79 Å². The Hall–Kier alpha value is -1.18. The van der Waals surface area contributed by atoms with Crippen LogP contribution in [-0.2, 0) is 4.79 Å². The van der Waals surface area contributed by atoms with E-state index < -0.39 is 0 Å². The zero-order valence-corrected chi connectivity index (χ0v) is 9.42. The molecule has 2 nitrogen and oxygen atoms in total. The summed E-state index contributed by atoms with van der Waals surface area (Å²) in [6.45, 7) is 16.1. The number of rotatable bonds is 3. The van der Waals surface area contributed by atoms with Crippen LogP contribution >= 0.6 is 0 Å². The van der Waals surface area contributed by atoms with Gasteiger partial charge in [0.2, 0.25) is 0 Å². The van der Waals surface area contributed by atoms with Gasteiger partial charge in [-0.15, -0.1) is 0 Å². The van der Waals surface area contributed by atoms with E-state index in [4.69, 9.17) is 0 Å². The van der Waals surface area contributed by atoms with Gasteiger partial charge in [0, 0.05) is 11.8 Å². The Morgan fingerprint density at radius 3 is 1.69 bits per heavy atom. The van der Waals surface area contributed by atoms with Gasteiger partial charge in [-0.25, -0.2) is 0 Å². The van der Waals surface area contributed by atoms with E-state index in [0.717, 1.165) is 0 Å². The van der Waals surface area contributed by atoms with Crippen molar-refractivity contribution in [3.05, 3.63) is 24.4 Å². The van der Waals surface area contributed by atoms with Crippen LogP contribution in [0.2, 0.25) is 0 Å². The number of aliphatic imine (C=N–C) groups is 1. The highest BCUT2D eigenvalue weighted by Gasteiger charge is 1.94. The predicted octanol–water partition coefficient (Wildman–Crippen LogP) is 3.40. The molecule has 0 spiro atoms. The number of Topliss-reactive ketones (excluding diaryl/α,β-unsaturated/α-hetero) is 1. The molecule has 0 heterocycles. The molecule has 0 bridgehead atoms. The summed E-state index contributed by atoms with van der Waals surface area (Å²) in [7, 11) is 0. The van der Waals surface area contributed by atoms with Gasteiger partial charge >= 0.3 is 0 Å². The number of ketones is 1. The molecule has 0 aliphatic rings. The summed E-state index contributed by atoms with van der Waals surface area (Å²) in [4.78, 5) is 14.0. The third-order valence-corrected chi connectivity index (χ3v) is 0.857. The average molecular weight is 183 g/mol. The standard InChI is InChI=1S/C7H9NO.2C2H6/c1-4-7(5-8-3)6(2)9;2*1-2/h4-5H,1,3H2,2H3;2*1-2H3/b7-5+;;. The fourth-order valence-corrected chi connectivity index (χ4v) is 0.386. The second-order valence-corrected chi connectivity index (χ2v) is 1.53. The Labute approximate surface area is 82.1 Å². The van der Waals surface area contributed by atoms with Crippen molar-refractivity contribution in [1.82, 2.24) is 0 Å². The van der Waals surface area contributed by atoms with Crippen LogP contribution in [0.5, 0.6) is 0 Å².